The van der Waals surface area contributed by atoms with Crippen molar-refractivity contribution in [3.8, 4) is 0 Å². The SMILES string of the molecule is COCCNC(=NCc1nnc(C)n1C)NCC(C)(C)c1ccccc1Br. The molecule has 2 rings (SSSR count). The van der Waals surface area contributed by atoms with Crippen LogP contribution < -0.4 is 10.6 Å². The molecule has 148 valence electrons. The summed E-state index contributed by atoms with van der Waals surface area (Å²) >= 11 is 3.65. The number of nitrogens with zero attached hydrogens (tertiary/aromatic N) is 4. The number of aromatic nitrogens is 3. The molecule has 27 heavy (non-hydrogen) atoms. The topological polar surface area (TPSA) is 76.4 Å². The van der Waals surface area contributed by atoms with Crippen LogP contribution in [0.4, 0.5) is 0 Å². The van der Waals surface area contributed by atoms with E-state index in [4.69, 9.17) is 4.74 Å². The van der Waals surface area contributed by atoms with Gasteiger partial charge in [-0.2, -0.15) is 0 Å². The zero-order chi connectivity index (χ0) is 19.9. The molecule has 1 heterocycles. The van der Waals surface area contributed by atoms with Gasteiger partial charge in [0.1, 0.15) is 12.4 Å². The Bertz CT molecular complexity index is 771. The van der Waals surface area contributed by atoms with E-state index in [1.54, 1.807) is 7.11 Å². The van der Waals surface area contributed by atoms with Crippen molar-refractivity contribution in [2.45, 2.75) is 32.7 Å². The second-order valence-corrected chi connectivity index (χ2v) is 7.88. The fraction of sp³-hybridized carbons (Fsp3) is 0.526. The van der Waals surface area contributed by atoms with E-state index in [1.807, 2.05) is 24.6 Å². The average Bonchev–Trinajstić information content (AvgIpc) is 2.96. The first-order chi connectivity index (χ1) is 12.8. The van der Waals surface area contributed by atoms with Gasteiger partial charge in [-0.3, -0.25) is 0 Å². The number of nitrogens with one attached hydrogen (secondary N) is 2. The van der Waals surface area contributed by atoms with Crippen LogP contribution in [0.5, 0.6) is 0 Å². The van der Waals surface area contributed by atoms with Gasteiger partial charge in [-0.05, 0) is 18.6 Å². The highest BCUT2D eigenvalue weighted by atomic mass is 79.9. The van der Waals surface area contributed by atoms with Gasteiger partial charge in [-0.1, -0.05) is 48.0 Å². The minimum absolute atomic E-state index is 0.0782. The predicted molar refractivity (Wildman–Crippen MR) is 112 cm³/mol. The molecule has 0 spiro atoms. The average molecular weight is 437 g/mol. The standard InChI is InChI=1S/C19H29BrN6O/c1-14-24-25-17(26(14)4)12-22-18(21-10-11-27-5)23-13-19(2,3)15-8-6-7-9-16(15)20/h6-9H,10-13H2,1-5H3,(H2,21,22,23). The van der Waals surface area contributed by atoms with Gasteiger partial charge in [0.15, 0.2) is 11.8 Å². The van der Waals surface area contributed by atoms with Crippen LogP contribution in [-0.4, -0.2) is 47.5 Å². The number of aliphatic imine (C=N–C) groups is 1. The summed E-state index contributed by atoms with van der Waals surface area (Å²) < 4.78 is 8.18. The van der Waals surface area contributed by atoms with Crippen molar-refractivity contribution < 1.29 is 4.74 Å². The Labute approximate surface area is 169 Å². The number of rotatable bonds is 8. The fourth-order valence-electron chi connectivity index (χ4n) is 2.59. The van der Waals surface area contributed by atoms with E-state index in [9.17, 15) is 0 Å². The molecule has 0 atom stereocenters. The maximum Gasteiger partial charge on any atom is 0.191 e. The summed E-state index contributed by atoms with van der Waals surface area (Å²) in [4.78, 5) is 4.66. The Morgan fingerprint density at radius 1 is 1.26 bits per heavy atom. The molecule has 0 aliphatic carbocycles. The summed E-state index contributed by atoms with van der Waals surface area (Å²) in [5.41, 5.74) is 1.17. The number of methoxy groups -OCH3 is 1. The number of halogens is 1. The van der Waals surface area contributed by atoms with E-state index in [0.717, 1.165) is 28.6 Å². The Morgan fingerprint density at radius 3 is 2.63 bits per heavy atom. The summed E-state index contributed by atoms with van der Waals surface area (Å²) in [7, 11) is 3.63. The maximum atomic E-state index is 5.13. The van der Waals surface area contributed by atoms with E-state index in [0.29, 0.717) is 19.7 Å². The Hall–Kier alpha value is -1.93. The molecule has 7 nitrogen and oxygen atoms in total. The normalized spacial score (nSPS) is 12.3. The van der Waals surface area contributed by atoms with Crippen LogP contribution in [-0.2, 0) is 23.7 Å². The largest absolute Gasteiger partial charge is 0.383 e. The lowest BCUT2D eigenvalue weighted by molar-refractivity contribution is 0.203. The maximum absolute atomic E-state index is 5.13. The number of hydrogen-bond donors (Lipinski definition) is 2. The fourth-order valence-corrected chi connectivity index (χ4v) is 3.42. The molecule has 8 heteroatoms. The lowest BCUT2D eigenvalue weighted by Gasteiger charge is -2.28. The highest BCUT2D eigenvalue weighted by molar-refractivity contribution is 9.10. The summed E-state index contributed by atoms with van der Waals surface area (Å²) in [6, 6.07) is 8.30. The predicted octanol–water partition coefficient (Wildman–Crippen LogP) is 2.55. The second-order valence-electron chi connectivity index (χ2n) is 7.02. The third-order valence-electron chi connectivity index (χ3n) is 4.46. The molecule has 2 N–H and O–H groups in total. The first kappa shape index (κ1) is 21.4. The number of hydrogen-bond acceptors (Lipinski definition) is 4. The van der Waals surface area contributed by atoms with Gasteiger partial charge in [0.05, 0.1) is 6.61 Å². The molecule has 0 bridgehead atoms. The zero-order valence-electron chi connectivity index (χ0n) is 16.7. The summed E-state index contributed by atoms with van der Waals surface area (Å²) in [6.07, 6.45) is 0. The van der Waals surface area contributed by atoms with Gasteiger partial charge in [-0.15, -0.1) is 10.2 Å². The summed E-state index contributed by atoms with van der Waals surface area (Å²) in [5.74, 6) is 2.43. The second kappa shape index (κ2) is 9.85. The zero-order valence-corrected chi connectivity index (χ0v) is 18.3. The molecule has 0 saturated heterocycles. The molecule has 0 fully saturated rings. The van der Waals surface area contributed by atoms with E-state index in [1.165, 1.54) is 5.56 Å². The van der Waals surface area contributed by atoms with E-state index in [2.05, 4.69) is 73.8 Å². The molecule has 1 aromatic heterocycles. The van der Waals surface area contributed by atoms with Gasteiger partial charge >= 0.3 is 0 Å². The van der Waals surface area contributed by atoms with Crippen LogP contribution in [0.15, 0.2) is 33.7 Å². The Morgan fingerprint density at radius 2 is 2.00 bits per heavy atom. The lowest BCUT2D eigenvalue weighted by Crippen LogP contribution is -2.44. The molecule has 2 aromatic rings. The van der Waals surface area contributed by atoms with Crippen molar-refractivity contribution in [1.82, 2.24) is 25.4 Å². The van der Waals surface area contributed by atoms with Crippen LogP contribution >= 0.6 is 15.9 Å². The van der Waals surface area contributed by atoms with Crippen molar-refractivity contribution in [3.05, 3.63) is 46.0 Å². The minimum atomic E-state index is -0.0782. The highest BCUT2D eigenvalue weighted by Gasteiger charge is 2.23. The summed E-state index contributed by atoms with van der Waals surface area (Å²) in [5, 5.41) is 15.0. The number of aryl methyl sites for hydroxylation is 1. The first-order valence-corrected chi connectivity index (χ1v) is 9.75. The van der Waals surface area contributed by atoms with Gasteiger partial charge in [-0.25, -0.2) is 4.99 Å². The van der Waals surface area contributed by atoms with E-state index >= 15 is 0 Å². The molecule has 0 saturated carbocycles. The van der Waals surface area contributed by atoms with Crippen LogP contribution in [0.2, 0.25) is 0 Å². The lowest BCUT2D eigenvalue weighted by atomic mass is 9.84. The van der Waals surface area contributed by atoms with Crippen molar-refractivity contribution in [2.24, 2.45) is 12.0 Å². The molecule has 0 unspecified atom stereocenters. The Kier molecular flexibility index (Phi) is 7.79. The van der Waals surface area contributed by atoms with Crippen LogP contribution in [0, 0.1) is 6.92 Å². The minimum Gasteiger partial charge on any atom is -0.383 e. The van der Waals surface area contributed by atoms with Gasteiger partial charge in [0.2, 0.25) is 0 Å². The van der Waals surface area contributed by atoms with Gasteiger partial charge in [0.25, 0.3) is 0 Å². The highest BCUT2D eigenvalue weighted by Crippen LogP contribution is 2.29. The smallest absolute Gasteiger partial charge is 0.191 e. The molecule has 0 aliphatic rings. The van der Waals surface area contributed by atoms with Crippen LogP contribution in [0.25, 0.3) is 0 Å². The van der Waals surface area contributed by atoms with Gasteiger partial charge in [0, 0.05) is 37.1 Å². The Balaban J connectivity index is 2.08. The molecular weight excluding hydrogens is 408 g/mol. The summed E-state index contributed by atoms with van der Waals surface area (Å²) in [6.45, 7) is 8.81. The number of guanidine groups is 1. The van der Waals surface area contributed by atoms with Crippen LogP contribution in [0.1, 0.15) is 31.1 Å². The van der Waals surface area contributed by atoms with Crippen molar-refractivity contribution in [3.63, 3.8) is 0 Å². The molecule has 0 radical (unpaired) electrons. The third-order valence-corrected chi connectivity index (χ3v) is 5.15. The van der Waals surface area contributed by atoms with E-state index < -0.39 is 0 Å². The van der Waals surface area contributed by atoms with Crippen LogP contribution in [0.3, 0.4) is 0 Å². The monoisotopic (exact) mass is 436 g/mol. The first-order valence-electron chi connectivity index (χ1n) is 8.96. The van der Waals surface area contributed by atoms with Crippen molar-refractivity contribution in [1.29, 1.82) is 0 Å². The quantitative estimate of drug-likeness (QED) is 0.377. The number of ether oxygens (including phenoxy) is 1. The van der Waals surface area contributed by atoms with Crippen molar-refractivity contribution >= 4 is 21.9 Å². The van der Waals surface area contributed by atoms with E-state index in [-0.39, 0.29) is 5.41 Å². The number of benzene rings is 1. The molecular formula is C19H29BrN6O. The molecule has 0 aliphatic heterocycles. The molecule has 1 aromatic carbocycles. The van der Waals surface area contributed by atoms with Gasteiger partial charge < -0.3 is 19.9 Å². The van der Waals surface area contributed by atoms with Crippen molar-refractivity contribution in [2.75, 3.05) is 26.8 Å². The third kappa shape index (κ3) is 6.04. The molecule has 0 amide bonds.